The third kappa shape index (κ3) is 1.62. The van der Waals surface area contributed by atoms with Gasteiger partial charge in [-0.15, -0.1) is 0 Å². The summed E-state index contributed by atoms with van der Waals surface area (Å²) in [6.07, 6.45) is 0. The van der Waals surface area contributed by atoms with Crippen molar-refractivity contribution < 1.29 is 0 Å². The maximum absolute atomic E-state index is 4.56. The number of hydrogen-bond acceptors (Lipinski definition) is 2. The first kappa shape index (κ1) is 10.1. The lowest BCUT2D eigenvalue weighted by Gasteiger charge is -1.98. The molecule has 0 amide bonds. The zero-order valence-electron chi connectivity index (χ0n) is 10.2. The van der Waals surface area contributed by atoms with Gasteiger partial charge in [0, 0.05) is 23.1 Å². The highest BCUT2D eigenvalue weighted by Crippen LogP contribution is 2.19. The van der Waals surface area contributed by atoms with Crippen LogP contribution in [0.5, 0.6) is 0 Å². The number of H-pyrrole nitrogens is 1. The lowest BCUT2D eigenvalue weighted by Crippen LogP contribution is -1.96. The van der Waals surface area contributed by atoms with E-state index < -0.39 is 0 Å². The fraction of sp³-hybridized carbons (Fsp3) is 0.231. The summed E-state index contributed by atoms with van der Waals surface area (Å²) >= 11 is 0. The molecule has 0 aromatic carbocycles. The molecule has 0 aliphatic rings. The summed E-state index contributed by atoms with van der Waals surface area (Å²) in [4.78, 5) is 7.76. The van der Waals surface area contributed by atoms with Crippen molar-refractivity contribution in [1.29, 1.82) is 0 Å². The molecule has 0 saturated carbocycles. The lowest BCUT2D eigenvalue weighted by molar-refractivity contribution is 0.888. The molecule has 0 spiro atoms. The summed E-state index contributed by atoms with van der Waals surface area (Å²) in [6, 6.07) is 8.12. The Balaban J connectivity index is 2.23. The second-order valence-electron chi connectivity index (χ2n) is 4.39. The molecular formula is C13H14N4. The van der Waals surface area contributed by atoms with Gasteiger partial charge in [0.25, 0.3) is 0 Å². The molecule has 0 atom stereocenters. The number of rotatable bonds is 1. The number of aromatic amines is 1. The van der Waals surface area contributed by atoms with E-state index in [9.17, 15) is 0 Å². The van der Waals surface area contributed by atoms with E-state index in [4.69, 9.17) is 0 Å². The van der Waals surface area contributed by atoms with Crippen LogP contribution in [-0.2, 0) is 0 Å². The highest BCUT2D eigenvalue weighted by molar-refractivity contribution is 5.61. The third-order valence-electron chi connectivity index (χ3n) is 2.84. The molecule has 0 unspecified atom stereocenters. The minimum absolute atomic E-state index is 0.893. The summed E-state index contributed by atoms with van der Waals surface area (Å²) in [5, 5.41) is 4.56. The first-order chi connectivity index (χ1) is 8.13. The van der Waals surface area contributed by atoms with Crippen LogP contribution in [0.4, 0.5) is 0 Å². The van der Waals surface area contributed by atoms with Crippen molar-refractivity contribution in [3.63, 3.8) is 0 Å². The summed E-state index contributed by atoms with van der Waals surface area (Å²) in [5.41, 5.74) is 6.11. The van der Waals surface area contributed by atoms with Crippen molar-refractivity contribution in [3.8, 4) is 11.4 Å². The molecule has 3 heterocycles. The number of nitrogens with zero attached hydrogens (tertiary/aromatic N) is 3. The van der Waals surface area contributed by atoms with Gasteiger partial charge in [-0.2, -0.15) is 5.10 Å². The highest BCUT2D eigenvalue weighted by Gasteiger charge is 2.08. The topological polar surface area (TPSA) is 46.0 Å². The van der Waals surface area contributed by atoms with Crippen LogP contribution in [0.25, 0.3) is 17.0 Å². The van der Waals surface area contributed by atoms with E-state index in [0.717, 1.165) is 34.1 Å². The summed E-state index contributed by atoms with van der Waals surface area (Å²) in [5.74, 6) is 0. The molecule has 4 nitrogen and oxygen atoms in total. The minimum atomic E-state index is 0.893. The summed E-state index contributed by atoms with van der Waals surface area (Å²) in [6.45, 7) is 6.07. The summed E-state index contributed by atoms with van der Waals surface area (Å²) in [7, 11) is 0. The fourth-order valence-electron chi connectivity index (χ4n) is 2.07. The molecule has 3 aromatic rings. The molecular weight excluding hydrogens is 212 g/mol. The predicted octanol–water partition coefficient (Wildman–Crippen LogP) is 2.65. The van der Waals surface area contributed by atoms with E-state index in [1.165, 1.54) is 0 Å². The van der Waals surface area contributed by atoms with Crippen LogP contribution in [0.15, 0.2) is 24.3 Å². The maximum atomic E-state index is 4.56. The molecule has 0 aliphatic carbocycles. The molecule has 0 saturated heterocycles. The lowest BCUT2D eigenvalue weighted by atomic mass is 10.3. The van der Waals surface area contributed by atoms with Gasteiger partial charge >= 0.3 is 0 Å². The number of nitrogens with one attached hydrogen (secondary N) is 1. The summed E-state index contributed by atoms with van der Waals surface area (Å²) < 4.78 is 1.87. The van der Waals surface area contributed by atoms with Crippen molar-refractivity contribution in [2.24, 2.45) is 0 Å². The monoisotopic (exact) mass is 226 g/mol. The molecule has 86 valence electrons. The van der Waals surface area contributed by atoms with Gasteiger partial charge in [0.1, 0.15) is 5.69 Å². The van der Waals surface area contributed by atoms with E-state index in [1.54, 1.807) is 0 Å². The Morgan fingerprint density at radius 2 is 1.94 bits per heavy atom. The Kier molecular flexibility index (Phi) is 2.04. The average Bonchev–Trinajstić information content (AvgIpc) is 2.83. The van der Waals surface area contributed by atoms with E-state index in [1.807, 2.05) is 49.6 Å². The van der Waals surface area contributed by atoms with Crippen LogP contribution in [0.1, 0.15) is 17.1 Å². The Morgan fingerprint density at radius 3 is 2.65 bits per heavy atom. The van der Waals surface area contributed by atoms with Crippen LogP contribution in [0, 0.1) is 20.8 Å². The van der Waals surface area contributed by atoms with Crippen molar-refractivity contribution in [3.05, 3.63) is 41.3 Å². The first-order valence-electron chi connectivity index (χ1n) is 5.63. The normalized spacial score (nSPS) is 11.2. The second kappa shape index (κ2) is 3.45. The zero-order valence-corrected chi connectivity index (χ0v) is 10.2. The largest absolute Gasteiger partial charge is 0.357 e. The Bertz CT molecular complexity index is 691. The van der Waals surface area contributed by atoms with Crippen molar-refractivity contribution >= 4 is 5.65 Å². The van der Waals surface area contributed by atoms with E-state index in [0.29, 0.717) is 0 Å². The molecule has 0 bridgehead atoms. The van der Waals surface area contributed by atoms with Crippen LogP contribution in [0.2, 0.25) is 0 Å². The van der Waals surface area contributed by atoms with Gasteiger partial charge in [-0.05, 0) is 39.0 Å². The molecule has 0 aliphatic heterocycles. The van der Waals surface area contributed by atoms with Crippen LogP contribution < -0.4 is 0 Å². The number of aryl methyl sites for hydroxylation is 3. The second-order valence-corrected chi connectivity index (χ2v) is 4.39. The Labute approximate surface area is 99.3 Å². The number of hydrogen-bond donors (Lipinski definition) is 1. The Morgan fingerprint density at radius 1 is 1.12 bits per heavy atom. The minimum Gasteiger partial charge on any atom is -0.357 e. The van der Waals surface area contributed by atoms with Gasteiger partial charge in [0.05, 0.1) is 5.69 Å². The molecule has 0 fully saturated rings. The first-order valence-corrected chi connectivity index (χ1v) is 5.63. The van der Waals surface area contributed by atoms with Crippen molar-refractivity contribution in [2.45, 2.75) is 20.8 Å². The standard InChI is InChI=1S/C13H14N4/c1-8-4-5-11(14-8)12-7-13-15-9(2)6-10(3)17(13)16-12/h4-7,14H,1-3H3. The molecule has 17 heavy (non-hydrogen) atoms. The molecule has 4 heteroatoms. The van der Waals surface area contributed by atoms with Crippen LogP contribution >= 0.6 is 0 Å². The predicted molar refractivity (Wildman–Crippen MR) is 67.0 cm³/mol. The van der Waals surface area contributed by atoms with Crippen molar-refractivity contribution in [2.75, 3.05) is 0 Å². The van der Waals surface area contributed by atoms with Gasteiger partial charge in [-0.3, -0.25) is 0 Å². The molecule has 3 aromatic heterocycles. The van der Waals surface area contributed by atoms with Crippen LogP contribution in [0.3, 0.4) is 0 Å². The fourth-order valence-corrected chi connectivity index (χ4v) is 2.07. The number of fused-ring (bicyclic) bond motifs is 1. The Hall–Kier alpha value is -2.10. The van der Waals surface area contributed by atoms with Crippen molar-refractivity contribution in [1.82, 2.24) is 19.6 Å². The quantitative estimate of drug-likeness (QED) is 0.693. The molecule has 0 radical (unpaired) electrons. The van der Waals surface area contributed by atoms with Crippen LogP contribution in [-0.4, -0.2) is 19.6 Å². The van der Waals surface area contributed by atoms with Gasteiger partial charge in [-0.1, -0.05) is 0 Å². The van der Waals surface area contributed by atoms with E-state index in [-0.39, 0.29) is 0 Å². The highest BCUT2D eigenvalue weighted by atomic mass is 15.3. The van der Waals surface area contributed by atoms with E-state index in [2.05, 4.69) is 15.1 Å². The smallest absolute Gasteiger partial charge is 0.156 e. The van der Waals surface area contributed by atoms with Gasteiger partial charge in [0.15, 0.2) is 5.65 Å². The van der Waals surface area contributed by atoms with Gasteiger partial charge < -0.3 is 4.98 Å². The zero-order chi connectivity index (χ0) is 12.0. The molecule has 1 N–H and O–H groups in total. The van der Waals surface area contributed by atoms with Gasteiger partial charge in [0.2, 0.25) is 0 Å². The average molecular weight is 226 g/mol. The third-order valence-corrected chi connectivity index (χ3v) is 2.84. The number of aromatic nitrogens is 4. The molecule has 3 rings (SSSR count). The maximum Gasteiger partial charge on any atom is 0.156 e. The van der Waals surface area contributed by atoms with Gasteiger partial charge in [-0.25, -0.2) is 9.50 Å². The SMILES string of the molecule is Cc1cc(C)n2nc(-c3ccc(C)[nH]3)cc2n1. The van der Waals surface area contributed by atoms with E-state index >= 15 is 0 Å².